The van der Waals surface area contributed by atoms with E-state index < -0.39 is 11.7 Å². The molecule has 2 aromatic rings. The van der Waals surface area contributed by atoms with Crippen LogP contribution in [0.25, 0.3) is 10.9 Å². The number of halogens is 1. The summed E-state index contributed by atoms with van der Waals surface area (Å²) in [4.78, 5) is 39.0. The second kappa shape index (κ2) is 11.5. The summed E-state index contributed by atoms with van der Waals surface area (Å²) in [5.74, 6) is 0.00916. The predicted molar refractivity (Wildman–Crippen MR) is 149 cm³/mol. The fourth-order valence-corrected chi connectivity index (χ4v) is 5.39. The van der Waals surface area contributed by atoms with Gasteiger partial charge in [-0.15, -0.1) is 0 Å². The van der Waals surface area contributed by atoms with Crippen molar-refractivity contribution >= 4 is 28.5 Å². The Balaban J connectivity index is 1.60. The number of pyridine rings is 1. The molecule has 4 rings (SSSR count). The van der Waals surface area contributed by atoms with Gasteiger partial charge in [0.15, 0.2) is 0 Å². The number of hydrogen-bond donors (Lipinski definition) is 2. The average Bonchev–Trinajstić information content (AvgIpc) is 3.56. The molecule has 0 unspecified atom stereocenters. The molecule has 1 saturated heterocycles. The monoisotopic (exact) mass is 544 g/mol. The number of carbonyl (C=O) groups is 2. The van der Waals surface area contributed by atoms with Crippen LogP contribution in [0.2, 0.25) is 0 Å². The van der Waals surface area contributed by atoms with Crippen LogP contribution in [0, 0.1) is 18.7 Å². The lowest BCUT2D eigenvalue weighted by atomic mass is 10.0. The van der Waals surface area contributed by atoms with Gasteiger partial charge in [-0.05, 0) is 77.8 Å². The lowest BCUT2D eigenvalue weighted by Gasteiger charge is -2.27. The fraction of sp³-hybridized carbons (Fsp3) is 0.621. The van der Waals surface area contributed by atoms with Crippen molar-refractivity contribution in [3.8, 4) is 5.75 Å². The predicted octanol–water partition coefficient (Wildman–Crippen LogP) is 4.21. The molecule has 1 aliphatic heterocycles. The average molecular weight is 545 g/mol. The molecule has 9 nitrogen and oxygen atoms in total. The van der Waals surface area contributed by atoms with E-state index in [-0.39, 0.29) is 48.3 Å². The Bertz CT molecular complexity index is 1300. The lowest BCUT2D eigenvalue weighted by molar-refractivity contribution is -0.117. The molecule has 0 bridgehead atoms. The highest BCUT2D eigenvalue weighted by Crippen LogP contribution is 2.42. The van der Waals surface area contributed by atoms with Crippen molar-refractivity contribution in [2.75, 3.05) is 31.1 Å². The number of ether oxygens (including phenoxy) is 2. The van der Waals surface area contributed by atoms with E-state index in [1.807, 2.05) is 39.5 Å². The Labute approximate surface area is 228 Å². The largest absolute Gasteiger partial charge is 0.493 e. The smallest absolute Gasteiger partial charge is 0.407 e. The third-order valence-corrected chi connectivity index (χ3v) is 7.45. The Kier molecular flexibility index (Phi) is 8.54. The summed E-state index contributed by atoms with van der Waals surface area (Å²) in [6.07, 6.45) is 2.89. The molecule has 1 aromatic carbocycles. The first-order valence-corrected chi connectivity index (χ1v) is 13.9. The number of aromatic nitrogens is 1. The maximum Gasteiger partial charge on any atom is 0.407 e. The summed E-state index contributed by atoms with van der Waals surface area (Å²) < 4.78 is 28.9. The maximum atomic E-state index is 15.8. The van der Waals surface area contributed by atoms with Gasteiger partial charge in [0.2, 0.25) is 0 Å². The minimum atomic E-state index is -0.585. The van der Waals surface area contributed by atoms with Crippen LogP contribution >= 0.6 is 0 Å². The van der Waals surface area contributed by atoms with Gasteiger partial charge in [-0.25, -0.2) is 9.18 Å². The number of ketones is 1. The first-order valence-electron chi connectivity index (χ1n) is 13.9. The number of fused-ring (bicyclic) bond motifs is 1. The Morgan fingerprint density at radius 2 is 1.95 bits per heavy atom. The Hall–Kier alpha value is -3.14. The number of nitrogens with two attached hydrogens (primary N) is 1. The van der Waals surface area contributed by atoms with Gasteiger partial charge in [-0.1, -0.05) is 0 Å². The second-order valence-electron chi connectivity index (χ2n) is 11.8. The van der Waals surface area contributed by atoms with E-state index in [0.29, 0.717) is 53.8 Å². The molecular formula is C29H41FN4O5. The number of benzene rings is 1. The standard InChI is InChI=1S/C29H41FN4O5/c1-17-26-22(24(38-12-6-7-21(35)15-31)14-25(36)34(26)20-8-9-20)13-23(30)27(17)33-11-10-19(16-33)18(2)32-28(37)39-29(3,4)5/h13-14,18-20H,6-12,15-16,31H2,1-5H3,(H,32,37)/t18-,19+/m0/s1. The number of amides is 1. The highest BCUT2D eigenvalue weighted by Gasteiger charge is 2.34. The van der Waals surface area contributed by atoms with Crippen LogP contribution in [-0.2, 0) is 9.53 Å². The number of rotatable bonds is 10. The number of nitrogens with one attached hydrogen (secondary N) is 1. The zero-order valence-electron chi connectivity index (χ0n) is 23.6. The van der Waals surface area contributed by atoms with Gasteiger partial charge >= 0.3 is 6.09 Å². The number of aryl methyl sites for hydroxylation is 1. The van der Waals surface area contributed by atoms with Crippen molar-refractivity contribution in [2.45, 2.75) is 84.4 Å². The summed E-state index contributed by atoms with van der Waals surface area (Å²) in [5, 5.41) is 3.48. The third-order valence-electron chi connectivity index (χ3n) is 7.45. The summed E-state index contributed by atoms with van der Waals surface area (Å²) in [7, 11) is 0. The molecule has 0 spiro atoms. The molecular weight excluding hydrogens is 503 g/mol. The highest BCUT2D eigenvalue weighted by atomic mass is 19.1. The van der Waals surface area contributed by atoms with Crippen LogP contribution in [0.5, 0.6) is 5.75 Å². The van der Waals surface area contributed by atoms with Crippen LogP contribution in [-0.4, -0.2) is 54.3 Å². The Morgan fingerprint density at radius 3 is 2.59 bits per heavy atom. The summed E-state index contributed by atoms with van der Waals surface area (Å²) in [6, 6.07) is 2.84. The van der Waals surface area contributed by atoms with Crippen LogP contribution in [0.15, 0.2) is 16.9 Å². The van der Waals surface area contributed by atoms with Gasteiger partial charge in [0.05, 0.1) is 24.4 Å². The number of hydrogen-bond acceptors (Lipinski definition) is 7. The number of nitrogens with zero attached hydrogens (tertiary/aromatic N) is 2. The van der Waals surface area contributed by atoms with Gasteiger partial charge in [-0.3, -0.25) is 9.59 Å². The van der Waals surface area contributed by atoms with Crippen LogP contribution in [0.4, 0.5) is 14.9 Å². The van der Waals surface area contributed by atoms with Crippen LogP contribution < -0.4 is 26.2 Å². The van der Waals surface area contributed by atoms with E-state index in [1.54, 1.807) is 4.57 Å². The molecule has 0 radical (unpaired) electrons. The van der Waals surface area contributed by atoms with Gasteiger partial charge in [0.1, 0.15) is 23.0 Å². The van der Waals surface area contributed by atoms with Crippen molar-refractivity contribution in [3.05, 3.63) is 33.9 Å². The van der Waals surface area contributed by atoms with Gasteiger partial charge in [0, 0.05) is 43.0 Å². The SMILES string of the molecule is Cc1c(N2CC[C@@H]([C@H](C)NC(=O)OC(C)(C)C)C2)c(F)cc2c(OCCCC(=O)CN)cc(=O)n(C3CC3)c12. The number of Topliss-reactive ketones (excluding diaryl/α,β-unsaturated/α-hetero) is 1. The fourth-order valence-electron chi connectivity index (χ4n) is 5.39. The molecule has 2 aliphatic rings. The quantitative estimate of drug-likeness (QED) is 0.431. The molecule has 1 amide bonds. The van der Waals surface area contributed by atoms with Crippen molar-refractivity contribution in [1.29, 1.82) is 0 Å². The zero-order valence-corrected chi connectivity index (χ0v) is 23.6. The van der Waals surface area contributed by atoms with E-state index in [9.17, 15) is 14.4 Å². The number of anilines is 1. The number of alkyl carbamates (subject to hydrolysis) is 1. The molecule has 2 atom stereocenters. The lowest BCUT2D eigenvalue weighted by Crippen LogP contribution is -2.42. The molecule has 2 fully saturated rings. The molecule has 2 heterocycles. The maximum absolute atomic E-state index is 15.8. The summed E-state index contributed by atoms with van der Waals surface area (Å²) >= 11 is 0. The van der Waals surface area contributed by atoms with Gasteiger partial charge < -0.3 is 30.0 Å². The second-order valence-corrected chi connectivity index (χ2v) is 11.8. The van der Waals surface area contributed by atoms with Crippen molar-refractivity contribution in [2.24, 2.45) is 11.7 Å². The first-order chi connectivity index (χ1) is 18.4. The topological polar surface area (TPSA) is 116 Å². The molecule has 39 heavy (non-hydrogen) atoms. The normalized spacial score (nSPS) is 18.3. The van der Waals surface area contributed by atoms with Crippen LogP contribution in [0.1, 0.15) is 71.4 Å². The van der Waals surface area contributed by atoms with Gasteiger partial charge in [0.25, 0.3) is 5.56 Å². The number of carbonyl (C=O) groups excluding carboxylic acids is 2. The molecule has 10 heteroatoms. The minimum Gasteiger partial charge on any atom is -0.493 e. The van der Waals surface area contributed by atoms with Crippen molar-refractivity contribution < 1.29 is 23.5 Å². The minimum absolute atomic E-state index is 0.0131. The molecule has 3 N–H and O–H groups in total. The Morgan fingerprint density at radius 1 is 1.23 bits per heavy atom. The van der Waals surface area contributed by atoms with Crippen molar-refractivity contribution in [3.63, 3.8) is 0 Å². The molecule has 1 aromatic heterocycles. The highest BCUT2D eigenvalue weighted by molar-refractivity contribution is 5.92. The third kappa shape index (κ3) is 6.72. The van der Waals surface area contributed by atoms with Gasteiger partial charge in [-0.2, -0.15) is 0 Å². The van der Waals surface area contributed by atoms with E-state index in [4.69, 9.17) is 15.2 Å². The van der Waals surface area contributed by atoms with E-state index in [2.05, 4.69) is 5.32 Å². The van der Waals surface area contributed by atoms with Crippen LogP contribution in [0.3, 0.4) is 0 Å². The van der Waals surface area contributed by atoms with E-state index in [1.165, 1.54) is 12.1 Å². The van der Waals surface area contributed by atoms with Crippen molar-refractivity contribution in [1.82, 2.24) is 9.88 Å². The molecule has 1 saturated carbocycles. The summed E-state index contributed by atoms with van der Waals surface area (Å²) in [6.45, 7) is 10.7. The molecule has 214 valence electrons. The van der Waals surface area contributed by atoms with E-state index >= 15 is 4.39 Å². The molecule has 1 aliphatic carbocycles. The van der Waals surface area contributed by atoms with E-state index in [0.717, 1.165) is 19.3 Å². The zero-order chi connectivity index (χ0) is 28.5. The summed E-state index contributed by atoms with van der Waals surface area (Å²) in [5.41, 5.74) is 6.49. The first kappa shape index (κ1) is 28.9.